The molecule has 5 rings (SSSR count). The van der Waals surface area contributed by atoms with Crippen molar-refractivity contribution in [1.82, 2.24) is 9.80 Å². The Hall–Kier alpha value is -4.00. The second kappa shape index (κ2) is 18.8. The summed E-state index contributed by atoms with van der Waals surface area (Å²) in [4.78, 5) is 64.3. The first-order valence-electron chi connectivity index (χ1n) is 19.6. The van der Waals surface area contributed by atoms with Crippen molar-refractivity contribution in [3.05, 3.63) is 85.5 Å². The van der Waals surface area contributed by atoms with Crippen LogP contribution in [0.25, 0.3) is 0 Å². The maximum atomic E-state index is 15.1. The van der Waals surface area contributed by atoms with E-state index in [4.69, 9.17) is 9.47 Å². The summed E-state index contributed by atoms with van der Waals surface area (Å²) in [5.74, 6) is -3.29. The number of ether oxygens (including phenoxy) is 2. The second-order valence-corrected chi connectivity index (χ2v) is 15.9. The van der Waals surface area contributed by atoms with Crippen LogP contribution in [-0.2, 0) is 28.7 Å². The number of carbonyl (C=O) groups is 4. The lowest BCUT2D eigenvalue weighted by molar-refractivity contribution is -0.164. The minimum absolute atomic E-state index is 0.0273. The third-order valence-electron chi connectivity index (χ3n) is 11.6. The molecule has 3 amide bonds. The van der Waals surface area contributed by atoms with Gasteiger partial charge in [-0.25, -0.2) is 0 Å². The van der Waals surface area contributed by atoms with Crippen molar-refractivity contribution < 1.29 is 33.8 Å². The van der Waals surface area contributed by atoms with Gasteiger partial charge in [0.1, 0.15) is 17.7 Å². The number of hydrogen-bond acceptors (Lipinski definition) is 8. The van der Waals surface area contributed by atoms with Gasteiger partial charge in [-0.2, -0.15) is 0 Å². The number of likely N-dealkylation sites (tertiary alicyclic amines) is 1. The molecule has 0 aromatic heterocycles. The largest absolute Gasteiger partial charge is 0.455 e. The molecule has 8 atom stereocenters. The molecule has 3 fully saturated rings. The van der Waals surface area contributed by atoms with Crippen molar-refractivity contribution in [3.8, 4) is 0 Å². The average molecular weight is 822 g/mol. The Kier molecular flexibility index (Phi) is 14.4. The number of aliphatic hydroxyl groups is 1. The number of unbranched alkanes of at least 4 members (excludes halogenated alkanes) is 2. The van der Waals surface area contributed by atoms with Crippen molar-refractivity contribution >= 4 is 51.0 Å². The van der Waals surface area contributed by atoms with Crippen LogP contribution in [0.4, 0.5) is 11.4 Å². The number of nitrogens with zero attached hydrogens (tertiary/aromatic N) is 4. The van der Waals surface area contributed by atoms with Gasteiger partial charge in [0.15, 0.2) is 0 Å². The fourth-order valence-corrected chi connectivity index (χ4v) is 9.59. The van der Waals surface area contributed by atoms with Gasteiger partial charge < -0.3 is 34.2 Å². The van der Waals surface area contributed by atoms with E-state index in [0.29, 0.717) is 43.4 Å². The minimum atomic E-state index is -1.29. The van der Waals surface area contributed by atoms with Crippen LogP contribution >= 0.6 is 15.9 Å². The molecule has 0 radical (unpaired) electrons. The van der Waals surface area contributed by atoms with Crippen LogP contribution in [-0.4, -0.2) is 107 Å². The number of fused-ring (bicyclic) bond motifs is 1. The van der Waals surface area contributed by atoms with E-state index in [1.54, 1.807) is 33.9 Å². The fourth-order valence-electron chi connectivity index (χ4n) is 8.64. The molecule has 3 saturated heterocycles. The summed E-state index contributed by atoms with van der Waals surface area (Å²) in [6.45, 7) is 15.9. The van der Waals surface area contributed by atoms with Gasteiger partial charge in [0, 0.05) is 62.5 Å². The number of halogens is 1. The minimum Gasteiger partial charge on any atom is -0.455 e. The first kappa shape index (κ1) is 42.1. The van der Waals surface area contributed by atoms with Gasteiger partial charge in [0.2, 0.25) is 11.8 Å². The highest BCUT2D eigenvalue weighted by Crippen LogP contribution is 2.60. The number of anilines is 2. The quantitative estimate of drug-likeness (QED) is 0.0742. The third kappa shape index (κ3) is 8.42. The molecule has 1 unspecified atom stereocenters. The van der Waals surface area contributed by atoms with Crippen molar-refractivity contribution in [2.45, 2.75) is 94.0 Å². The number of amides is 3. The van der Waals surface area contributed by atoms with E-state index >= 15 is 4.79 Å². The van der Waals surface area contributed by atoms with Crippen LogP contribution in [0.1, 0.15) is 71.0 Å². The van der Waals surface area contributed by atoms with E-state index in [1.165, 1.54) is 0 Å². The van der Waals surface area contributed by atoms with Crippen LogP contribution in [0.15, 0.2) is 79.9 Å². The highest BCUT2D eigenvalue weighted by atomic mass is 79.9. The van der Waals surface area contributed by atoms with E-state index in [-0.39, 0.29) is 48.7 Å². The molecule has 298 valence electrons. The number of benzene rings is 2. The average Bonchev–Trinajstić information content (AvgIpc) is 3.79. The number of hydrogen-bond donors (Lipinski definition) is 1. The lowest BCUT2D eigenvalue weighted by Gasteiger charge is -2.37. The molecule has 3 aliphatic heterocycles. The molecule has 1 N–H and O–H groups in total. The summed E-state index contributed by atoms with van der Waals surface area (Å²) in [6.07, 6.45) is 4.75. The molecule has 0 aliphatic carbocycles. The van der Waals surface area contributed by atoms with Crippen LogP contribution < -0.4 is 9.80 Å². The predicted octanol–water partition coefficient (Wildman–Crippen LogP) is 6.06. The standard InChI is InChI=1S/C43H57BrN4O7/c1-7-11-20-34(50)45(6)29(5)37(30-18-14-12-15-19-30)54-42(53)35-36-40(51)48(26-16-13-17-27-49)39(43(36)28-33(44)38(35)55-43)41(52)47(25-8-2)32-23-21-31(22-24-32)46(9-3)10-4/h7-8,12,14-15,18-19,21-24,29,33,35-39,49H,1-2,9-11,13,16-17,20,25-28H2,3-6H3/t29-,33?,35+,36-,37+,38+,39+,43-/m0/s1. The zero-order valence-corrected chi connectivity index (χ0v) is 34.2. The maximum Gasteiger partial charge on any atom is 0.313 e. The Bertz CT molecular complexity index is 1670. The second-order valence-electron chi connectivity index (χ2n) is 14.7. The van der Waals surface area contributed by atoms with Crippen LogP contribution in [0.2, 0.25) is 0 Å². The number of rotatable bonds is 20. The van der Waals surface area contributed by atoms with E-state index in [0.717, 1.165) is 18.8 Å². The number of alkyl halides is 1. The zero-order valence-electron chi connectivity index (χ0n) is 32.6. The number of likely N-dealkylation sites (N-methyl/N-ethyl adjacent to an activating group) is 1. The lowest BCUT2D eigenvalue weighted by atomic mass is 9.70. The summed E-state index contributed by atoms with van der Waals surface area (Å²) >= 11 is 3.78. The summed E-state index contributed by atoms with van der Waals surface area (Å²) < 4.78 is 13.2. The molecule has 1 spiro atoms. The molecule has 11 nitrogen and oxygen atoms in total. The highest BCUT2D eigenvalue weighted by Gasteiger charge is 2.77. The smallest absolute Gasteiger partial charge is 0.313 e. The highest BCUT2D eigenvalue weighted by molar-refractivity contribution is 9.09. The molecule has 12 heteroatoms. The summed E-state index contributed by atoms with van der Waals surface area (Å²) in [5.41, 5.74) is 1.12. The molecule has 3 aliphatic rings. The van der Waals surface area contributed by atoms with Crippen molar-refractivity contribution in [2.75, 3.05) is 49.6 Å². The predicted molar refractivity (Wildman–Crippen MR) is 218 cm³/mol. The number of aliphatic hydroxyl groups excluding tert-OH is 1. The molecule has 3 heterocycles. The Morgan fingerprint density at radius 3 is 2.33 bits per heavy atom. The van der Waals surface area contributed by atoms with E-state index < -0.39 is 47.7 Å². The van der Waals surface area contributed by atoms with Gasteiger partial charge >= 0.3 is 5.97 Å². The molecule has 2 aromatic carbocycles. The van der Waals surface area contributed by atoms with E-state index in [2.05, 4.69) is 47.8 Å². The monoisotopic (exact) mass is 820 g/mol. The van der Waals surface area contributed by atoms with Crippen molar-refractivity contribution in [3.63, 3.8) is 0 Å². The number of allylic oxidation sites excluding steroid dienone is 1. The third-order valence-corrected chi connectivity index (χ3v) is 12.4. The first-order chi connectivity index (χ1) is 26.5. The Morgan fingerprint density at radius 2 is 1.71 bits per heavy atom. The van der Waals surface area contributed by atoms with E-state index in [1.807, 2.05) is 61.5 Å². The van der Waals surface area contributed by atoms with E-state index in [9.17, 15) is 19.5 Å². The Balaban J connectivity index is 1.51. The van der Waals surface area contributed by atoms with Crippen LogP contribution in [0.5, 0.6) is 0 Å². The topological polar surface area (TPSA) is 120 Å². The van der Waals surface area contributed by atoms with Crippen LogP contribution in [0, 0.1) is 11.8 Å². The van der Waals surface area contributed by atoms with Crippen LogP contribution in [0.3, 0.4) is 0 Å². The van der Waals surface area contributed by atoms with Crippen molar-refractivity contribution in [1.29, 1.82) is 0 Å². The number of carbonyl (C=O) groups excluding carboxylic acids is 4. The first-order valence-corrected chi connectivity index (χ1v) is 20.5. The van der Waals surface area contributed by atoms with Gasteiger partial charge in [-0.1, -0.05) is 58.4 Å². The summed E-state index contributed by atoms with van der Waals surface area (Å²) in [5, 5.41) is 9.47. The molecule has 2 bridgehead atoms. The van der Waals surface area contributed by atoms with Gasteiger partial charge in [0.25, 0.3) is 5.91 Å². The van der Waals surface area contributed by atoms with Crippen molar-refractivity contribution in [2.24, 2.45) is 11.8 Å². The molecule has 2 aromatic rings. The summed E-state index contributed by atoms with van der Waals surface area (Å²) in [7, 11) is 1.70. The number of esters is 1. The Morgan fingerprint density at radius 1 is 1.04 bits per heavy atom. The molecule has 0 saturated carbocycles. The SMILES string of the molecule is C=CCCC(=O)N(C)[C@@H](C)[C@@H](OC(=O)[C@H]1[C@@H]2O[C@@]3(CC2Br)[C@@H]1C(=O)N(CCCCCO)[C@@H]3C(=O)N(CC=C)c1ccc(N(CC)CC)cc1)c1ccccc1. The molecular weight excluding hydrogens is 764 g/mol. The maximum absolute atomic E-state index is 15.1. The van der Waals surface area contributed by atoms with Gasteiger partial charge in [0.05, 0.1) is 24.0 Å². The van der Waals surface area contributed by atoms with Gasteiger partial charge in [-0.3, -0.25) is 19.2 Å². The molecular formula is C43H57BrN4O7. The Labute approximate surface area is 334 Å². The zero-order chi connectivity index (χ0) is 39.9. The fraction of sp³-hybridized carbons (Fsp3) is 0.535. The normalized spacial score (nSPS) is 24.9. The summed E-state index contributed by atoms with van der Waals surface area (Å²) in [6, 6.07) is 15.5. The van der Waals surface area contributed by atoms with Gasteiger partial charge in [-0.15, -0.1) is 13.2 Å². The molecule has 55 heavy (non-hydrogen) atoms. The lowest BCUT2D eigenvalue weighted by Crippen LogP contribution is -2.57. The van der Waals surface area contributed by atoms with Gasteiger partial charge in [-0.05, 0) is 82.7 Å².